The third-order valence-corrected chi connectivity index (χ3v) is 3.38. The average molecular weight is 294 g/mol. The van der Waals surface area contributed by atoms with E-state index in [0.29, 0.717) is 6.54 Å². The van der Waals surface area contributed by atoms with E-state index in [-0.39, 0.29) is 0 Å². The summed E-state index contributed by atoms with van der Waals surface area (Å²) in [5, 5.41) is 3.83. The predicted octanol–water partition coefficient (Wildman–Crippen LogP) is 2.24. The molecular weight excluding hydrogens is 272 g/mol. The molecule has 110 valence electrons. The first-order valence-electron chi connectivity index (χ1n) is 6.43. The number of rotatable bonds is 7. The molecular formula is C15H22N2O2S. The lowest BCUT2D eigenvalue weighted by molar-refractivity contribution is 0.354. The Labute approximate surface area is 126 Å². The monoisotopic (exact) mass is 294 g/mol. The Hall–Kier alpha value is -1.75. The molecule has 0 heterocycles. The number of thiocarbonyl (C=S) groups is 1. The molecule has 0 saturated heterocycles. The molecule has 1 aromatic rings. The second-order valence-electron chi connectivity index (χ2n) is 4.34. The van der Waals surface area contributed by atoms with Crippen LogP contribution in [0.25, 0.3) is 0 Å². The van der Waals surface area contributed by atoms with Gasteiger partial charge in [-0.3, -0.25) is 0 Å². The number of ether oxygens (including phenoxy) is 2. The molecule has 0 aromatic heterocycles. The third-order valence-electron chi connectivity index (χ3n) is 2.93. The van der Waals surface area contributed by atoms with E-state index in [0.717, 1.165) is 29.6 Å². The van der Waals surface area contributed by atoms with Gasteiger partial charge < -0.3 is 19.7 Å². The van der Waals surface area contributed by atoms with Gasteiger partial charge in [0.05, 0.1) is 14.2 Å². The summed E-state index contributed by atoms with van der Waals surface area (Å²) in [6.45, 7) is 5.17. The van der Waals surface area contributed by atoms with Crippen molar-refractivity contribution >= 4 is 17.3 Å². The highest BCUT2D eigenvalue weighted by atomic mass is 32.1. The highest BCUT2D eigenvalue weighted by Crippen LogP contribution is 2.27. The first-order chi connectivity index (χ1) is 9.62. The maximum Gasteiger partial charge on any atom is 0.168 e. The van der Waals surface area contributed by atoms with Gasteiger partial charge >= 0.3 is 0 Å². The third kappa shape index (κ3) is 4.74. The maximum atomic E-state index is 5.30. The minimum absolute atomic E-state index is 0.680. The molecule has 0 aliphatic carbocycles. The topological polar surface area (TPSA) is 33.7 Å². The summed E-state index contributed by atoms with van der Waals surface area (Å²) in [7, 11) is 5.25. The first kappa shape index (κ1) is 16.3. The van der Waals surface area contributed by atoms with E-state index in [9.17, 15) is 0 Å². The van der Waals surface area contributed by atoms with Crippen LogP contribution >= 0.6 is 12.2 Å². The van der Waals surface area contributed by atoms with E-state index < -0.39 is 0 Å². The van der Waals surface area contributed by atoms with Crippen LogP contribution in [-0.4, -0.2) is 44.4 Å². The number of methoxy groups -OCH3 is 2. The molecule has 1 rings (SSSR count). The quantitative estimate of drug-likeness (QED) is 0.616. The van der Waals surface area contributed by atoms with Crippen molar-refractivity contribution in [1.82, 2.24) is 10.2 Å². The highest BCUT2D eigenvalue weighted by Gasteiger charge is 2.07. The largest absolute Gasteiger partial charge is 0.493 e. The number of nitrogens with zero attached hydrogens (tertiary/aromatic N) is 1. The van der Waals surface area contributed by atoms with Gasteiger partial charge in [-0.25, -0.2) is 0 Å². The van der Waals surface area contributed by atoms with Gasteiger partial charge in [-0.1, -0.05) is 12.1 Å². The van der Waals surface area contributed by atoms with Crippen LogP contribution in [0.5, 0.6) is 11.5 Å². The van der Waals surface area contributed by atoms with Crippen molar-refractivity contribution in [3.8, 4) is 11.5 Å². The summed E-state index contributed by atoms with van der Waals surface area (Å²) >= 11 is 5.27. The first-order valence-corrected chi connectivity index (χ1v) is 6.84. The number of hydrogen-bond donors (Lipinski definition) is 1. The second kappa shape index (κ2) is 8.43. The zero-order chi connectivity index (χ0) is 15.0. The zero-order valence-electron chi connectivity index (χ0n) is 12.3. The van der Waals surface area contributed by atoms with Gasteiger partial charge in [0.15, 0.2) is 16.6 Å². The van der Waals surface area contributed by atoms with Crippen LogP contribution < -0.4 is 14.8 Å². The van der Waals surface area contributed by atoms with Crippen molar-refractivity contribution < 1.29 is 9.47 Å². The Bertz CT molecular complexity index is 463. The molecule has 0 aliphatic rings. The van der Waals surface area contributed by atoms with Gasteiger partial charge in [0.25, 0.3) is 0 Å². The Morgan fingerprint density at radius 2 is 2.05 bits per heavy atom. The van der Waals surface area contributed by atoms with Crippen molar-refractivity contribution in [3.63, 3.8) is 0 Å². The molecule has 0 bridgehead atoms. The Morgan fingerprint density at radius 3 is 2.65 bits per heavy atom. The van der Waals surface area contributed by atoms with Gasteiger partial charge in [-0.2, -0.15) is 0 Å². The SMILES string of the molecule is C=CCNC(=S)N(C)CCc1ccc(OC)c(OC)c1. The second-order valence-corrected chi connectivity index (χ2v) is 4.72. The summed E-state index contributed by atoms with van der Waals surface area (Å²) in [6, 6.07) is 5.95. The van der Waals surface area contributed by atoms with E-state index in [1.54, 1.807) is 20.3 Å². The lowest BCUT2D eigenvalue weighted by Gasteiger charge is -2.20. The number of likely N-dealkylation sites (N-methyl/N-ethyl adjacent to an activating group) is 1. The molecule has 20 heavy (non-hydrogen) atoms. The van der Waals surface area contributed by atoms with Crippen molar-refractivity contribution in [3.05, 3.63) is 36.4 Å². The van der Waals surface area contributed by atoms with Crippen LogP contribution in [0.15, 0.2) is 30.9 Å². The van der Waals surface area contributed by atoms with Gasteiger partial charge in [-0.05, 0) is 36.3 Å². The summed E-state index contributed by atoms with van der Waals surface area (Å²) in [4.78, 5) is 2.01. The van der Waals surface area contributed by atoms with Crippen LogP contribution in [0, 0.1) is 0 Å². The van der Waals surface area contributed by atoms with E-state index in [1.165, 1.54) is 5.56 Å². The molecule has 0 atom stereocenters. The Morgan fingerprint density at radius 1 is 1.35 bits per heavy atom. The van der Waals surface area contributed by atoms with Crippen LogP contribution in [0.2, 0.25) is 0 Å². The van der Waals surface area contributed by atoms with E-state index in [1.807, 2.05) is 30.1 Å². The summed E-state index contributed by atoms with van der Waals surface area (Å²) in [6.07, 6.45) is 2.67. The minimum atomic E-state index is 0.680. The average Bonchev–Trinajstić information content (AvgIpc) is 2.49. The Balaban J connectivity index is 2.56. The van der Waals surface area contributed by atoms with Gasteiger partial charge in [-0.15, -0.1) is 6.58 Å². The normalized spacial score (nSPS) is 9.75. The number of benzene rings is 1. The van der Waals surface area contributed by atoms with E-state index in [4.69, 9.17) is 21.7 Å². The Kier molecular flexibility index (Phi) is 6.87. The highest BCUT2D eigenvalue weighted by molar-refractivity contribution is 7.80. The fourth-order valence-corrected chi connectivity index (χ4v) is 1.90. The molecule has 0 aliphatic heterocycles. The van der Waals surface area contributed by atoms with Crippen LogP contribution in [0.1, 0.15) is 5.56 Å². The molecule has 0 radical (unpaired) electrons. The number of nitrogens with one attached hydrogen (secondary N) is 1. The summed E-state index contributed by atoms with van der Waals surface area (Å²) in [5.41, 5.74) is 1.18. The zero-order valence-corrected chi connectivity index (χ0v) is 13.1. The van der Waals surface area contributed by atoms with Crippen LogP contribution in [-0.2, 0) is 6.42 Å². The van der Waals surface area contributed by atoms with Crippen molar-refractivity contribution in [2.24, 2.45) is 0 Å². The van der Waals surface area contributed by atoms with Gasteiger partial charge in [0.1, 0.15) is 0 Å². The fraction of sp³-hybridized carbons (Fsp3) is 0.400. The molecule has 0 unspecified atom stereocenters. The summed E-state index contributed by atoms with van der Waals surface area (Å²) < 4.78 is 10.5. The van der Waals surface area contributed by atoms with Crippen molar-refractivity contribution in [1.29, 1.82) is 0 Å². The van der Waals surface area contributed by atoms with Gasteiger partial charge in [0, 0.05) is 20.1 Å². The van der Waals surface area contributed by atoms with Crippen LogP contribution in [0.4, 0.5) is 0 Å². The molecule has 0 amide bonds. The molecule has 0 spiro atoms. The lowest BCUT2D eigenvalue weighted by atomic mass is 10.1. The van der Waals surface area contributed by atoms with Crippen molar-refractivity contribution in [2.45, 2.75) is 6.42 Å². The summed E-state index contributed by atoms with van der Waals surface area (Å²) in [5.74, 6) is 1.49. The molecule has 4 nitrogen and oxygen atoms in total. The maximum absolute atomic E-state index is 5.30. The predicted molar refractivity (Wildman–Crippen MR) is 86.7 cm³/mol. The van der Waals surface area contributed by atoms with E-state index in [2.05, 4.69) is 11.9 Å². The van der Waals surface area contributed by atoms with Crippen molar-refractivity contribution in [2.75, 3.05) is 34.4 Å². The molecule has 1 aromatic carbocycles. The van der Waals surface area contributed by atoms with Gasteiger partial charge in [0.2, 0.25) is 0 Å². The number of hydrogen-bond acceptors (Lipinski definition) is 3. The minimum Gasteiger partial charge on any atom is -0.493 e. The molecule has 0 saturated carbocycles. The smallest absolute Gasteiger partial charge is 0.168 e. The standard InChI is InChI=1S/C15H22N2O2S/c1-5-9-16-15(20)17(2)10-8-12-6-7-13(18-3)14(11-12)19-4/h5-7,11H,1,8-10H2,2-4H3,(H,16,20). The molecule has 5 heteroatoms. The van der Waals surface area contributed by atoms with Crippen LogP contribution in [0.3, 0.4) is 0 Å². The van der Waals surface area contributed by atoms with E-state index >= 15 is 0 Å². The lowest BCUT2D eigenvalue weighted by Crippen LogP contribution is -2.38. The molecule has 0 fully saturated rings. The fourth-order valence-electron chi connectivity index (χ4n) is 1.73. The molecule has 1 N–H and O–H groups in total.